The Hall–Kier alpha value is -0.660. The summed E-state index contributed by atoms with van der Waals surface area (Å²) in [6.07, 6.45) is 2.71. The van der Waals surface area contributed by atoms with Gasteiger partial charge in [-0.05, 0) is 6.08 Å². The van der Waals surface area contributed by atoms with Crippen LogP contribution in [-0.2, 0) is 0 Å². The lowest BCUT2D eigenvalue weighted by atomic mass is 10.5. The second-order valence-electron chi connectivity index (χ2n) is 1.36. The molecule has 0 aliphatic heterocycles. The Morgan fingerprint density at radius 3 is 2.29 bits per heavy atom. The number of hydrogen-bond acceptors (Lipinski definition) is 0. The molecule has 0 spiro atoms. The second-order valence-corrected chi connectivity index (χ2v) is 1.36. The monoisotopic (exact) mass is 102 g/mol. The van der Waals surface area contributed by atoms with Crippen LogP contribution in [0.25, 0.3) is 0 Å². The van der Waals surface area contributed by atoms with E-state index in [1.807, 2.05) is 0 Å². The van der Waals surface area contributed by atoms with Gasteiger partial charge in [-0.25, -0.2) is 8.78 Å². The minimum Gasteiger partial charge on any atom is -0.208 e. The van der Waals surface area contributed by atoms with Crippen LogP contribution in [0.2, 0.25) is 0 Å². The van der Waals surface area contributed by atoms with E-state index in [1.54, 1.807) is 0 Å². The van der Waals surface area contributed by atoms with Gasteiger partial charge in [-0.3, -0.25) is 0 Å². The van der Waals surface area contributed by atoms with Gasteiger partial charge in [-0.15, -0.1) is 0 Å². The molecule has 0 nitrogen and oxygen atoms in total. The summed E-state index contributed by atoms with van der Waals surface area (Å²) in [5.41, 5.74) is 0. The molecule has 0 aromatic heterocycles. The first kappa shape index (κ1) is 4.50. The summed E-state index contributed by atoms with van der Waals surface area (Å²) in [7, 11) is 0. The van der Waals surface area contributed by atoms with Crippen molar-refractivity contribution in [1.82, 2.24) is 0 Å². The van der Waals surface area contributed by atoms with Crippen LogP contribution in [0.15, 0.2) is 23.8 Å². The van der Waals surface area contributed by atoms with Crippen LogP contribution < -0.4 is 0 Å². The van der Waals surface area contributed by atoms with Crippen molar-refractivity contribution in [3.05, 3.63) is 23.8 Å². The Balaban J connectivity index is 2.79. The highest BCUT2D eigenvalue weighted by Crippen LogP contribution is 2.19. The smallest absolute Gasteiger partial charge is 0.154 e. The molecule has 38 valence electrons. The van der Waals surface area contributed by atoms with Gasteiger partial charge in [0, 0.05) is 6.42 Å². The SMILES string of the molecule is FC1=C(F)CC=C1. The molecule has 0 amide bonds. The Bertz CT molecular complexity index is 133. The summed E-state index contributed by atoms with van der Waals surface area (Å²) in [5.74, 6) is -1.38. The minimum absolute atomic E-state index is 0.131. The van der Waals surface area contributed by atoms with Crippen LogP contribution in [-0.4, -0.2) is 0 Å². The maximum atomic E-state index is 11.8. The molecule has 0 bridgehead atoms. The summed E-state index contributed by atoms with van der Waals surface area (Å²) in [6, 6.07) is 0. The van der Waals surface area contributed by atoms with E-state index in [1.165, 1.54) is 6.08 Å². The molecular formula is C5H4F2. The molecule has 0 unspecified atom stereocenters. The first-order chi connectivity index (χ1) is 3.30. The second kappa shape index (κ2) is 1.45. The van der Waals surface area contributed by atoms with Gasteiger partial charge < -0.3 is 0 Å². The van der Waals surface area contributed by atoms with Gasteiger partial charge in [0.15, 0.2) is 5.83 Å². The fourth-order valence-electron chi connectivity index (χ4n) is 0.454. The number of allylic oxidation sites excluding steroid dienone is 4. The van der Waals surface area contributed by atoms with Gasteiger partial charge in [-0.1, -0.05) is 6.08 Å². The molecule has 1 rings (SSSR count). The topological polar surface area (TPSA) is 0 Å². The predicted octanol–water partition coefficient (Wildman–Crippen LogP) is 2.10. The normalized spacial score (nSPS) is 19.1. The molecule has 0 saturated heterocycles. The van der Waals surface area contributed by atoms with Crippen LogP contribution in [0, 0.1) is 0 Å². The standard InChI is InChI=1S/C5H4F2/c6-4-2-1-3-5(4)7/h1-2H,3H2. The van der Waals surface area contributed by atoms with Gasteiger partial charge >= 0.3 is 0 Å². The predicted molar refractivity (Wildman–Crippen MR) is 23.0 cm³/mol. The van der Waals surface area contributed by atoms with Gasteiger partial charge in [0.2, 0.25) is 0 Å². The molecule has 0 heterocycles. The Labute approximate surface area is 40.1 Å². The summed E-state index contributed by atoms with van der Waals surface area (Å²) in [6.45, 7) is 0. The number of halogens is 2. The average molecular weight is 102 g/mol. The summed E-state index contributed by atoms with van der Waals surface area (Å²) in [4.78, 5) is 0. The van der Waals surface area contributed by atoms with Crippen LogP contribution in [0.1, 0.15) is 6.42 Å². The maximum Gasteiger partial charge on any atom is 0.154 e. The van der Waals surface area contributed by atoms with Gasteiger partial charge in [0.05, 0.1) is 0 Å². The fraction of sp³-hybridized carbons (Fsp3) is 0.200. The van der Waals surface area contributed by atoms with E-state index in [9.17, 15) is 8.78 Å². The largest absolute Gasteiger partial charge is 0.208 e. The highest BCUT2D eigenvalue weighted by atomic mass is 19.2. The summed E-state index contributed by atoms with van der Waals surface area (Å²) < 4.78 is 23.5. The first-order valence-corrected chi connectivity index (χ1v) is 2.01. The highest BCUT2D eigenvalue weighted by Gasteiger charge is 2.05. The zero-order chi connectivity index (χ0) is 5.28. The first-order valence-electron chi connectivity index (χ1n) is 2.01. The highest BCUT2D eigenvalue weighted by molar-refractivity contribution is 5.23. The van der Waals surface area contributed by atoms with E-state index in [0.717, 1.165) is 6.08 Å². The van der Waals surface area contributed by atoms with Gasteiger partial charge in [0.1, 0.15) is 5.83 Å². The van der Waals surface area contributed by atoms with Crippen molar-refractivity contribution in [3.63, 3.8) is 0 Å². The number of hydrogen-bond donors (Lipinski definition) is 0. The van der Waals surface area contributed by atoms with Crippen molar-refractivity contribution in [3.8, 4) is 0 Å². The number of rotatable bonds is 0. The molecular weight excluding hydrogens is 98.1 g/mol. The van der Waals surface area contributed by atoms with Gasteiger partial charge in [0.25, 0.3) is 0 Å². The van der Waals surface area contributed by atoms with Crippen molar-refractivity contribution in [2.45, 2.75) is 6.42 Å². The molecule has 1 aliphatic carbocycles. The van der Waals surface area contributed by atoms with Crippen LogP contribution in [0.3, 0.4) is 0 Å². The van der Waals surface area contributed by atoms with Crippen molar-refractivity contribution in [2.75, 3.05) is 0 Å². The third-order valence-corrected chi connectivity index (χ3v) is 0.820. The third kappa shape index (κ3) is 0.683. The molecule has 0 aromatic rings. The lowest BCUT2D eigenvalue weighted by Crippen LogP contribution is -1.63. The third-order valence-electron chi connectivity index (χ3n) is 0.820. The molecule has 7 heavy (non-hydrogen) atoms. The zero-order valence-electron chi connectivity index (χ0n) is 3.62. The van der Waals surface area contributed by atoms with Crippen molar-refractivity contribution < 1.29 is 8.78 Å². The van der Waals surface area contributed by atoms with Crippen molar-refractivity contribution >= 4 is 0 Å². The Morgan fingerprint density at radius 1 is 1.43 bits per heavy atom. The lowest BCUT2D eigenvalue weighted by Gasteiger charge is -1.78. The maximum absolute atomic E-state index is 11.8. The molecule has 0 atom stereocenters. The van der Waals surface area contributed by atoms with Crippen molar-refractivity contribution in [2.24, 2.45) is 0 Å². The molecule has 2 heteroatoms. The molecule has 0 fully saturated rings. The van der Waals surface area contributed by atoms with Crippen LogP contribution in [0.5, 0.6) is 0 Å². The van der Waals surface area contributed by atoms with Crippen LogP contribution in [0.4, 0.5) is 8.78 Å². The van der Waals surface area contributed by atoms with Crippen LogP contribution >= 0.6 is 0 Å². The van der Waals surface area contributed by atoms with E-state index in [4.69, 9.17) is 0 Å². The van der Waals surface area contributed by atoms with E-state index >= 15 is 0 Å². The van der Waals surface area contributed by atoms with E-state index in [0.29, 0.717) is 0 Å². The fourth-order valence-corrected chi connectivity index (χ4v) is 0.454. The minimum atomic E-state index is -0.722. The molecule has 1 aliphatic rings. The zero-order valence-corrected chi connectivity index (χ0v) is 3.62. The average Bonchev–Trinajstić information content (AvgIpc) is 1.91. The van der Waals surface area contributed by atoms with E-state index in [-0.39, 0.29) is 6.42 Å². The quantitative estimate of drug-likeness (QED) is 0.439. The van der Waals surface area contributed by atoms with E-state index < -0.39 is 11.7 Å². The molecule has 0 N–H and O–H groups in total. The van der Waals surface area contributed by atoms with Gasteiger partial charge in [-0.2, -0.15) is 0 Å². The summed E-state index contributed by atoms with van der Waals surface area (Å²) >= 11 is 0. The Morgan fingerprint density at radius 2 is 2.14 bits per heavy atom. The molecule has 0 aromatic carbocycles. The molecule has 0 radical (unpaired) electrons. The lowest BCUT2D eigenvalue weighted by molar-refractivity contribution is 0.552. The Kier molecular flexibility index (Phi) is 0.929. The molecule has 0 saturated carbocycles. The van der Waals surface area contributed by atoms with Crippen molar-refractivity contribution in [1.29, 1.82) is 0 Å². The van der Waals surface area contributed by atoms with E-state index in [2.05, 4.69) is 0 Å². The summed E-state index contributed by atoms with van der Waals surface area (Å²) in [5, 5.41) is 0.